The van der Waals surface area contributed by atoms with E-state index in [1.165, 1.54) is 31.3 Å². The van der Waals surface area contributed by atoms with Gasteiger partial charge in [0.1, 0.15) is 0 Å². The van der Waals surface area contributed by atoms with Gasteiger partial charge in [-0.15, -0.1) is 0 Å². The van der Waals surface area contributed by atoms with E-state index in [0.717, 1.165) is 0 Å². The monoisotopic (exact) mass is 389 g/mol. The number of carbonyl (C=O) groups excluding carboxylic acids is 2. The zero-order chi connectivity index (χ0) is 20.2. The van der Waals surface area contributed by atoms with Gasteiger partial charge in [-0.2, -0.15) is 0 Å². The van der Waals surface area contributed by atoms with Gasteiger partial charge in [-0.25, -0.2) is 13.1 Å². The fourth-order valence-corrected chi connectivity index (χ4v) is 3.79. The van der Waals surface area contributed by atoms with Crippen LogP contribution in [0, 0.1) is 0 Å². The van der Waals surface area contributed by atoms with Gasteiger partial charge in [0.15, 0.2) is 0 Å². The minimum atomic E-state index is -3.68. The van der Waals surface area contributed by atoms with Gasteiger partial charge in [0, 0.05) is 18.2 Å². The van der Waals surface area contributed by atoms with Crippen LogP contribution in [0.5, 0.6) is 0 Å². The van der Waals surface area contributed by atoms with Crippen LogP contribution in [0.4, 0.5) is 5.69 Å². The zero-order valence-corrected chi connectivity index (χ0v) is 16.5. The molecule has 0 bridgehead atoms. The second-order valence-corrected chi connectivity index (χ2v) is 8.64. The number of amides is 2. The number of rotatable bonds is 5. The van der Waals surface area contributed by atoms with E-state index in [1.54, 1.807) is 45.0 Å². The van der Waals surface area contributed by atoms with Crippen molar-refractivity contribution < 1.29 is 18.0 Å². The van der Waals surface area contributed by atoms with Crippen molar-refractivity contribution in [3.8, 4) is 0 Å². The van der Waals surface area contributed by atoms with Gasteiger partial charge in [0.2, 0.25) is 10.0 Å². The van der Waals surface area contributed by atoms with Gasteiger partial charge in [-0.1, -0.05) is 12.1 Å². The van der Waals surface area contributed by atoms with Crippen molar-refractivity contribution in [2.45, 2.75) is 31.2 Å². The molecular weight excluding hydrogens is 366 g/mol. The van der Waals surface area contributed by atoms with E-state index in [2.05, 4.69) is 15.4 Å². The lowest BCUT2D eigenvalue weighted by atomic mass is 10.1. The third-order valence-electron chi connectivity index (χ3n) is 3.51. The molecule has 0 fully saturated rings. The smallest absolute Gasteiger partial charge is 0.255 e. The molecule has 0 aliphatic rings. The summed E-state index contributed by atoms with van der Waals surface area (Å²) in [5, 5.41) is 5.19. The molecule has 0 saturated carbocycles. The number of hydrogen-bond donors (Lipinski definition) is 3. The van der Waals surface area contributed by atoms with Crippen molar-refractivity contribution in [2.24, 2.45) is 0 Å². The van der Waals surface area contributed by atoms with Crippen LogP contribution >= 0.6 is 0 Å². The van der Waals surface area contributed by atoms with Crippen molar-refractivity contribution in [1.82, 2.24) is 10.0 Å². The second kappa shape index (κ2) is 7.89. The Balaban J connectivity index is 2.21. The predicted molar refractivity (Wildman–Crippen MR) is 104 cm³/mol. The number of nitrogens with one attached hydrogen (secondary N) is 3. The molecule has 0 unspecified atom stereocenters. The average Bonchev–Trinajstić information content (AvgIpc) is 2.59. The van der Waals surface area contributed by atoms with E-state index in [0.29, 0.717) is 11.3 Å². The van der Waals surface area contributed by atoms with E-state index in [1.807, 2.05) is 0 Å². The lowest BCUT2D eigenvalue weighted by molar-refractivity contribution is 0.0964. The highest BCUT2D eigenvalue weighted by atomic mass is 32.2. The van der Waals surface area contributed by atoms with E-state index >= 15 is 0 Å². The summed E-state index contributed by atoms with van der Waals surface area (Å²) >= 11 is 0. The molecule has 144 valence electrons. The van der Waals surface area contributed by atoms with Crippen LogP contribution in [0.1, 0.15) is 41.5 Å². The Hall–Kier alpha value is -2.71. The Bertz CT molecular complexity index is 946. The summed E-state index contributed by atoms with van der Waals surface area (Å²) in [6, 6.07) is 12.2. The summed E-state index contributed by atoms with van der Waals surface area (Å²) in [5.41, 5.74) is 0.365. The summed E-state index contributed by atoms with van der Waals surface area (Å²) in [6.07, 6.45) is 0. The standard InChI is InChI=1S/C19H23N3O4S/c1-19(2,3)22-27(25,26)14-11-9-13(10-12-14)17(23)21-16-8-6-5-7-15(16)18(24)20-4/h5-12,22H,1-4H3,(H,20,24)(H,21,23). The summed E-state index contributed by atoms with van der Waals surface area (Å²) in [7, 11) is -2.17. The van der Waals surface area contributed by atoms with Crippen LogP contribution in [0.25, 0.3) is 0 Å². The molecule has 2 amide bonds. The summed E-state index contributed by atoms with van der Waals surface area (Å²) in [6.45, 7) is 5.24. The molecule has 0 saturated heterocycles. The Labute approximate surface area is 159 Å². The highest BCUT2D eigenvalue weighted by molar-refractivity contribution is 7.89. The van der Waals surface area contributed by atoms with Crippen LogP contribution in [0.3, 0.4) is 0 Å². The lowest BCUT2D eigenvalue weighted by Gasteiger charge is -2.20. The highest BCUT2D eigenvalue weighted by Crippen LogP contribution is 2.18. The van der Waals surface area contributed by atoms with Crippen LogP contribution in [0.15, 0.2) is 53.4 Å². The van der Waals surface area contributed by atoms with Gasteiger partial charge in [0.05, 0.1) is 16.1 Å². The minimum Gasteiger partial charge on any atom is -0.355 e. The molecule has 27 heavy (non-hydrogen) atoms. The highest BCUT2D eigenvalue weighted by Gasteiger charge is 2.22. The largest absolute Gasteiger partial charge is 0.355 e. The van der Waals surface area contributed by atoms with Crippen molar-refractivity contribution >= 4 is 27.5 Å². The van der Waals surface area contributed by atoms with Gasteiger partial charge in [-0.05, 0) is 57.2 Å². The topological polar surface area (TPSA) is 104 Å². The minimum absolute atomic E-state index is 0.0692. The van der Waals surface area contributed by atoms with E-state index in [-0.39, 0.29) is 16.4 Å². The van der Waals surface area contributed by atoms with Gasteiger partial charge in [0.25, 0.3) is 11.8 Å². The number of hydrogen-bond acceptors (Lipinski definition) is 4. The summed E-state index contributed by atoms with van der Waals surface area (Å²) in [5.74, 6) is -0.764. The third kappa shape index (κ3) is 5.38. The molecule has 3 N–H and O–H groups in total. The van der Waals surface area contributed by atoms with Gasteiger partial charge < -0.3 is 10.6 Å². The van der Waals surface area contributed by atoms with Crippen molar-refractivity contribution in [2.75, 3.05) is 12.4 Å². The van der Waals surface area contributed by atoms with Crippen LogP contribution in [-0.2, 0) is 10.0 Å². The normalized spacial score (nSPS) is 11.7. The zero-order valence-electron chi connectivity index (χ0n) is 15.7. The molecule has 2 aromatic rings. The molecule has 0 aliphatic heterocycles. The molecule has 2 rings (SSSR count). The average molecular weight is 389 g/mol. The first-order valence-corrected chi connectivity index (χ1v) is 9.78. The van der Waals surface area contributed by atoms with Crippen LogP contribution < -0.4 is 15.4 Å². The fraction of sp³-hybridized carbons (Fsp3) is 0.263. The fourth-order valence-electron chi connectivity index (χ4n) is 2.37. The molecule has 0 spiro atoms. The summed E-state index contributed by atoms with van der Waals surface area (Å²) < 4.78 is 27.2. The quantitative estimate of drug-likeness (QED) is 0.730. The van der Waals surface area contributed by atoms with E-state index in [4.69, 9.17) is 0 Å². The Morgan fingerprint density at radius 2 is 1.48 bits per heavy atom. The number of carbonyl (C=O) groups is 2. The van der Waals surface area contributed by atoms with Crippen molar-refractivity contribution in [3.63, 3.8) is 0 Å². The first kappa shape index (κ1) is 20.6. The van der Waals surface area contributed by atoms with Gasteiger partial charge >= 0.3 is 0 Å². The second-order valence-electron chi connectivity index (χ2n) is 6.96. The molecular formula is C19H23N3O4S. The molecule has 0 radical (unpaired) electrons. The molecule has 8 heteroatoms. The van der Waals surface area contributed by atoms with Crippen LogP contribution in [0.2, 0.25) is 0 Å². The molecule has 2 aromatic carbocycles. The maximum absolute atomic E-state index is 12.5. The SMILES string of the molecule is CNC(=O)c1ccccc1NC(=O)c1ccc(S(=O)(=O)NC(C)(C)C)cc1. The molecule has 0 aliphatic carbocycles. The molecule has 0 atom stereocenters. The lowest BCUT2D eigenvalue weighted by Crippen LogP contribution is -2.40. The van der Waals surface area contributed by atoms with Gasteiger partial charge in [-0.3, -0.25) is 9.59 Å². The Morgan fingerprint density at radius 3 is 2.04 bits per heavy atom. The van der Waals surface area contributed by atoms with Crippen LogP contribution in [-0.4, -0.2) is 32.8 Å². The van der Waals surface area contributed by atoms with E-state index in [9.17, 15) is 18.0 Å². The van der Waals surface area contributed by atoms with E-state index < -0.39 is 21.5 Å². The molecule has 0 heterocycles. The third-order valence-corrected chi connectivity index (χ3v) is 5.29. The molecule has 0 aromatic heterocycles. The number of sulfonamides is 1. The predicted octanol–water partition coefficient (Wildman–Crippen LogP) is 2.38. The van der Waals surface area contributed by atoms with Crippen molar-refractivity contribution in [1.29, 1.82) is 0 Å². The number of para-hydroxylation sites is 1. The Morgan fingerprint density at radius 1 is 0.889 bits per heavy atom. The number of benzene rings is 2. The number of anilines is 1. The summed E-state index contributed by atoms with van der Waals surface area (Å²) in [4.78, 5) is 24.4. The molecule has 7 nitrogen and oxygen atoms in total. The van der Waals surface area contributed by atoms with Crippen molar-refractivity contribution in [3.05, 3.63) is 59.7 Å². The Kier molecular flexibility index (Phi) is 6.02. The maximum atomic E-state index is 12.5. The first-order chi connectivity index (χ1) is 12.5. The first-order valence-electron chi connectivity index (χ1n) is 8.30. The maximum Gasteiger partial charge on any atom is 0.255 e.